The molecule has 0 fully saturated rings. The molecule has 96 valence electrons. The fraction of sp³-hybridized carbons (Fsp3) is 0.0769. The Morgan fingerprint density at radius 1 is 1.37 bits per heavy atom. The second kappa shape index (κ2) is 4.81. The monoisotopic (exact) mass is 275 g/mol. The lowest BCUT2D eigenvalue weighted by Crippen LogP contribution is -2.23. The number of nitrogens with zero attached hydrogens (tertiary/aromatic N) is 2. The second-order valence-electron chi connectivity index (χ2n) is 4.01. The number of hydrogen-bond donors (Lipinski definition) is 1. The standard InChI is InChI=1S/C13H10FN3OS/c14-10-3-1-9(2-4-10)7-16-12(18)11-8-19-13-15-5-6-17(11)13/h1-6,8H,7H2,(H,16,18). The summed E-state index contributed by atoms with van der Waals surface area (Å²) >= 11 is 1.41. The Hall–Kier alpha value is -2.21. The quantitative estimate of drug-likeness (QED) is 0.798. The average molecular weight is 275 g/mol. The number of thiazole rings is 1. The normalized spacial score (nSPS) is 10.8. The minimum atomic E-state index is -0.284. The number of rotatable bonds is 3. The average Bonchev–Trinajstić information content (AvgIpc) is 3.00. The van der Waals surface area contributed by atoms with Crippen molar-refractivity contribution in [1.29, 1.82) is 0 Å². The van der Waals surface area contributed by atoms with Crippen molar-refractivity contribution >= 4 is 22.2 Å². The van der Waals surface area contributed by atoms with Gasteiger partial charge in [0.25, 0.3) is 5.91 Å². The molecule has 4 nitrogen and oxygen atoms in total. The highest BCUT2D eigenvalue weighted by molar-refractivity contribution is 7.15. The first-order valence-electron chi connectivity index (χ1n) is 5.67. The van der Waals surface area contributed by atoms with Gasteiger partial charge in [-0.1, -0.05) is 12.1 Å². The number of carbonyl (C=O) groups is 1. The van der Waals surface area contributed by atoms with Crippen LogP contribution in [0.15, 0.2) is 42.0 Å². The fourth-order valence-corrected chi connectivity index (χ4v) is 2.60. The number of hydrogen-bond acceptors (Lipinski definition) is 3. The van der Waals surface area contributed by atoms with Crippen LogP contribution in [-0.2, 0) is 6.54 Å². The molecule has 3 rings (SSSR count). The van der Waals surface area contributed by atoms with E-state index in [0.29, 0.717) is 12.2 Å². The van der Waals surface area contributed by atoms with Crippen LogP contribution in [0.5, 0.6) is 0 Å². The summed E-state index contributed by atoms with van der Waals surface area (Å²) in [6.45, 7) is 0.366. The smallest absolute Gasteiger partial charge is 0.269 e. The van der Waals surface area contributed by atoms with Crippen LogP contribution < -0.4 is 5.32 Å². The van der Waals surface area contributed by atoms with Gasteiger partial charge in [-0.15, -0.1) is 11.3 Å². The number of benzene rings is 1. The molecule has 19 heavy (non-hydrogen) atoms. The van der Waals surface area contributed by atoms with Gasteiger partial charge in [-0.3, -0.25) is 9.20 Å². The molecule has 6 heteroatoms. The van der Waals surface area contributed by atoms with Crippen molar-refractivity contribution in [2.45, 2.75) is 6.54 Å². The van der Waals surface area contributed by atoms with Gasteiger partial charge in [0.15, 0.2) is 4.96 Å². The lowest BCUT2D eigenvalue weighted by Gasteiger charge is -2.04. The third kappa shape index (κ3) is 2.34. The Balaban J connectivity index is 1.72. The molecule has 2 heterocycles. The minimum Gasteiger partial charge on any atom is -0.347 e. The molecule has 0 aliphatic heterocycles. The summed E-state index contributed by atoms with van der Waals surface area (Å²) in [6.07, 6.45) is 3.40. The summed E-state index contributed by atoms with van der Waals surface area (Å²) in [5.74, 6) is -0.457. The van der Waals surface area contributed by atoms with E-state index in [-0.39, 0.29) is 11.7 Å². The van der Waals surface area contributed by atoms with Gasteiger partial charge in [-0.2, -0.15) is 0 Å². The van der Waals surface area contributed by atoms with Crippen molar-refractivity contribution in [3.8, 4) is 0 Å². The van der Waals surface area contributed by atoms with Crippen molar-refractivity contribution in [2.24, 2.45) is 0 Å². The summed E-state index contributed by atoms with van der Waals surface area (Å²) in [7, 11) is 0. The third-order valence-corrected chi connectivity index (χ3v) is 3.60. The maximum Gasteiger partial charge on any atom is 0.269 e. The van der Waals surface area contributed by atoms with Crippen LogP contribution in [0.1, 0.15) is 16.1 Å². The van der Waals surface area contributed by atoms with Gasteiger partial charge in [0.05, 0.1) is 0 Å². The van der Waals surface area contributed by atoms with Crippen LogP contribution >= 0.6 is 11.3 Å². The molecule has 0 atom stereocenters. The fourth-order valence-electron chi connectivity index (χ4n) is 1.76. The molecule has 1 amide bonds. The molecule has 0 unspecified atom stereocenters. The third-order valence-electron chi connectivity index (χ3n) is 2.74. The van der Waals surface area contributed by atoms with Crippen molar-refractivity contribution in [3.63, 3.8) is 0 Å². The SMILES string of the molecule is O=C(NCc1ccc(F)cc1)c1csc2nccn12. The molecule has 1 aromatic carbocycles. The van der Waals surface area contributed by atoms with Crippen LogP contribution in [0.3, 0.4) is 0 Å². The van der Waals surface area contributed by atoms with Gasteiger partial charge >= 0.3 is 0 Å². The molecule has 0 bridgehead atoms. The summed E-state index contributed by atoms with van der Waals surface area (Å²) in [5, 5.41) is 4.57. The van der Waals surface area contributed by atoms with Gasteiger partial charge in [0.2, 0.25) is 0 Å². The first-order valence-corrected chi connectivity index (χ1v) is 6.55. The van der Waals surface area contributed by atoms with Crippen LogP contribution in [0.2, 0.25) is 0 Å². The Bertz CT molecular complexity index is 717. The molecule has 0 saturated carbocycles. The van der Waals surface area contributed by atoms with Crippen molar-refractivity contribution in [2.75, 3.05) is 0 Å². The number of amides is 1. The van der Waals surface area contributed by atoms with Gasteiger partial charge < -0.3 is 5.32 Å². The molecule has 3 aromatic rings. The van der Waals surface area contributed by atoms with E-state index in [1.807, 2.05) is 0 Å². The van der Waals surface area contributed by atoms with E-state index < -0.39 is 0 Å². The number of halogens is 1. The van der Waals surface area contributed by atoms with Gasteiger partial charge in [-0.05, 0) is 17.7 Å². The van der Waals surface area contributed by atoms with E-state index >= 15 is 0 Å². The zero-order valence-corrected chi connectivity index (χ0v) is 10.7. The highest BCUT2D eigenvalue weighted by Gasteiger charge is 2.11. The topological polar surface area (TPSA) is 46.4 Å². The van der Waals surface area contributed by atoms with E-state index in [4.69, 9.17) is 0 Å². The van der Waals surface area contributed by atoms with E-state index in [9.17, 15) is 9.18 Å². The Morgan fingerprint density at radius 2 is 2.16 bits per heavy atom. The van der Waals surface area contributed by atoms with E-state index in [0.717, 1.165) is 10.5 Å². The molecule has 1 N–H and O–H groups in total. The Morgan fingerprint density at radius 3 is 2.95 bits per heavy atom. The van der Waals surface area contributed by atoms with E-state index in [1.54, 1.807) is 34.3 Å². The van der Waals surface area contributed by atoms with Crippen molar-refractivity contribution in [1.82, 2.24) is 14.7 Å². The van der Waals surface area contributed by atoms with Gasteiger partial charge in [0.1, 0.15) is 11.5 Å². The summed E-state index contributed by atoms with van der Waals surface area (Å²) in [4.78, 5) is 16.9. The molecule has 0 spiro atoms. The van der Waals surface area contributed by atoms with Gasteiger partial charge in [0, 0.05) is 24.3 Å². The minimum absolute atomic E-state index is 0.173. The van der Waals surface area contributed by atoms with Crippen LogP contribution in [0.25, 0.3) is 4.96 Å². The Labute approximate surface area is 112 Å². The number of carbonyl (C=O) groups excluding carboxylic acids is 1. The number of fused-ring (bicyclic) bond motifs is 1. The lowest BCUT2D eigenvalue weighted by atomic mass is 10.2. The lowest BCUT2D eigenvalue weighted by molar-refractivity contribution is 0.0945. The predicted octanol–water partition coefficient (Wildman–Crippen LogP) is 2.46. The van der Waals surface area contributed by atoms with Crippen LogP contribution in [-0.4, -0.2) is 15.3 Å². The zero-order valence-electron chi connectivity index (χ0n) is 9.84. The van der Waals surface area contributed by atoms with Crippen LogP contribution in [0, 0.1) is 5.82 Å². The maximum atomic E-state index is 12.8. The molecular formula is C13H10FN3OS. The van der Waals surface area contributed by atoms with Gasteiger partial charge in [-0.25, -0.2) is 9.37 Å². The largest absolute Gasteiger partial charge is 0.347 e. The highest BCUT2D eigenvalue weighted by Crippen LogP contribution is 2.14. The first-order chi connectivity index (χ1) is 9.24. The summed E-state index contributed by atoms with van der Waals surface area (Å²) in [6, 6.07) is 6.05. The van der Waals surface area contributed by atoms with Crippen LogP contribution in [0.4, 0.5) is 4.39 Å². The zero-order chi connectivity index (χ0) is 13.2. The molecular weight excluding hydrogens is 265 g/mol. The van der Waals surface area contributed by atoms with E-state index in [2.05, 4.69) is 10.3 Å². The van der Waals surface area contributed by atoms with Crippen molar-refractivity contribution in [3.05, 3.63) is 59.1 Å². The highest BCUT2D eigenvalue weighted by atomic mass is 32.1. The molecule has 0 saturated heterocycles. The second-order valence-corrected chi connectivity index (χ2v) is 4.85. The number of imidazole rings is 1. The molecule has 0 aliphatic carbocycles. The Kier molecular flexibility index (Phi) is 3.00. The molecule has 2 aromatic heterocycles. The number of nitrogens with one attached hydrogen (secondary N) is 1. The summed E-state index contributed by atoms with van der Waals surface area (Å²) < 4.78 is 14.5. The number of aromatic nitrogens is 2. The molecule has 0 aliphatic rings. The molecule has 0 radical (unpaired) electrons. The first kappa shape index (κ1) is 11.9. The van der Waals surface area contributed by atoms with Crippen molar-refractivity contribution < 1.29 is 9.18 Å². The predicted molar refractivity (Wildman–Crippen MR) is 70.6 cm³/mol. The maximum absolute atomic E-state index is 12.8. The van der Waals surface area contributed by atoms with E-state index in [1.165, 1.54) is 23.5 Å². The summed E-state index contributed by atoms with van der Waals surface area (Å²) in [5.41, 5.74) is 1.41.